The minimum absolute atomic E-state index is 0.0160. The van der Waals surface area contributed by atoms with Crippen molar-refractivity contribution in [1.29, 1.82) is 0 Å². The van der Waals surface area contributed by atoms with Crippen LogP contribution in [0.3, 0.4) is 0 Å². The van der Waals surface area contributed by atoms with Crippen LogP contribution in [0.15, 0.2) is 11.6 Å². The number of carbonyl (C=O) groups excluding carboxylic acids is 1. The van der Waals surface area contributed by atoms with Crippen molar-refractivity contribution >= 4 is 11.9 Å². The molecule has 2 rings (SSSR count). The molecular weight excluding hydrogens is 456 g/mol. The van der Waals surface area contributed by atoms with Gasteiger partial charge in [0.2, 0.25) is 0 Å². The summed E-state index contributed by atoms with van der Waals surface area (Å²) in [6.07, 6.45) is 4.61. The topological polar surface area (TPSA) is 146 Å². The minimum Gasteiger partial charge on any atom is -0.481 e. The van der Waals surface area contributed by atoms with Gasteiger partial charge in [-0.3, -0.25) is 4.79 Å². The highest BCUT2D eigenvalue weighted by Crippen LogP contribution is 2.38. The van der Waals surface area contributed by atoms with Crippen molar-refractivity contribution in [2.75, 3.05) is 13.2 Å². The number of carboxylic acids is 1. The van der Waals surface area contributed by atoms with Gasteiger partial charge < -0.3 is 34.6 Å². The Morgan fingerprint density at radius 1 is 1.03 bits per heavy atom. The lowest BCUT2D eigenvalue weighted by Gasteiger charge is -2.38. The second kappa shape index (κ2) is 14.9. The molecule has 2 aliphatic heterocycles. The van der Waals surface area contributed by atoms with E-state index in [1.165, 1.54) is 6.08 Å². The smallest absolute Gasteiger partial charge is 0.330 e. The van der Waals surface area contributed by atoms with Crippen molar-refractivity contribution in [3.8, 4) is 0 Å². The van der Waals surface area contributed by atoms with Crippen molar-refractivity contribution in [1.82, 2.24) is 0 Å². The Labute approximate surface area is 208 Å². The summed E-state index contributed by atoms with van der Waals surface area (Å²) in [6, 6.07) is 0. The van der Waals surface area contributed by atoms with Crippen LogP contribution in [-0.2, 0) is 23.8 Å². The number of aliphatic hydroxyl groups is 3. The Morgan fingerprint density at radius 3 is 2.34 bits per heavy atom. The zero-order valence-corrected chi connectivity index (χ0v) is 21.3. The lowest BCUT2D eigenvalue weighted by molar-refractivity contribution is -0.165. The number of ether oxygens (including phenoxy) is 3. The first-order chi connectivity index (χ1) is 16.6. The number of epoxide rings is 1. The average Bonchev–Trinajstić information content (AvgIpc) is 3.55. The van der Waals surface area contributed by atoms with Gasteiger partial charge in [0.05, 0.1) is 43.7 Å². The number of unbranched alkanes of at least 4 members (excludes halogenated alkanes) is 5. The number of aliphatic hydroxyl groups excluding tert-OH is 3. The Hall–Kier alpha value is -1.52. The van der Waals surface area contributed by atoms with Crippen LogP contribution >= 0.6 is 0 Å². The average molecular weight is 501 g/mol. The van der Waals surface area contributed by atoms with Crippen LogP contribution < -0.4 is 0 Å². The summed E-state index contributed by atoms with van der Waals surface area (Å²) in [7, 11) is 0. The van der Waals surface area contributed by atoms with E-state index in [9.17, 15) is 24.9 Å². The van der Waals surface area contributed by atoms with Crippen molar-refractivity contribution in [3.63, 3.8) is 0 Å². The molecule has 0 aromatic heterocycles. The third kappa shape index (κ3) is 10.6. The van der Waals surface area contributed by atoms with Gasteiger partial charge in [-0.1, -0.05) is 38.2 Å². The molecule has 4 N–H and O–H groups in total. The Bertz CT molecular complexity index is 692. The highest BCUT2D eigenvalue weighted by molar-refractivity contribution is 5.82. The van der Waals surface area contributed by atoms with E-state index in [1.807, 2.05) is 6.92 Å². The predicted octanol–water partition coefficient (Wildman–Crippen LogP) is 2.59. The van der Waals surface area contributed by atoms with Gasteiger partial charge in [0.15, 0.2) is 0 Å². The van der Waals surface area contributed by atoms with Crippen LogP contribution in [-0.4, -0.2) is 82.2 Å². The third-order valence-corrected chi connectivity index (χ3v) is 7.09. The molecule has 9 heteroatoms. The molecule has 2 fully saturated rings. The maximum absolute atomic E-state index is 12.1. The molecule has 0 radical (unpaired) electrons. The fourth-order valence-corrected chi connectivity index (χ4v) is 4.59. The van der Waals surface area contributed by atoms with Crippen molar-refractivity contribution in [2.45, 2.75) is 115 Å². The number of esters is 1. The summed E-state index contributed by atoms with van der Waals surface area (Å²) in [5, 5.41) is 39.5. The van der Waals surface area contributed by atoms with Crippen LogP contribution in [0.25, 0.3) is 0 Å². The van der Waals surface area contributed by atoms with E-state index in [1.54, 1.807) is 13.8 Å². The summed E-state index contributed by atoms with van der Waals surface area (Å²) in [6.45, 7) is 6.07. The molecule has 0 saturated carbocycles. The lowest BCUT2D eigenvalue weighted by Crippen LogP contribution is -2.50. The monoisotopic (exact) mass is 500 g/mol. The zero-order chi connectivity index (χ0) is 26.0. The number of carbonyl (C=O) groups is 2. The molecule has 0 aliphatic carbocycles. The molecule has 35 heavy (non-hydrogen) atoms. The predicted molar refractivity (Wildman–Crippen MR) is 129 cm³/mol. The summed E-state index contributed by atoms with van der Waals surface area (Å²) in [5.41, 5.74) is 0.708. The number of hydrogen-bond acceptors (Lipinski definition) is 8. The van der Waals surface area contributed by atoms with Crippen LogP contribution in [0.4, 0.5) is 0 Å². The first kappa shape index (κ1) is 29.7. The van der Waals surface area contributed by atoms with Crippen LogP contribution in [0.5, 0.6) is 0 Å². The van der Waals surface area contributed by atoms with Gasteiger partial charge in [-0.05, 0) is 39.5 Å². The van der Waals surface area contributed by atoms with Crippen LogP contribution in [0, 0.1) is 11.8 Å². The number of hydrogen-bond donors (Lipinski definition) is 4. The maximum atomic E-state index is 12.1. The van der Waals surface area contributed by atoms with Crippen LogP contribution in [0.1, 0.15) is 78.6 Å². The quantitative estimate of drug-likeness (QED) is 0.109. The molecule has 8 atom stereocenters. The highest BCUT2D eigenvalue weighted by Gasteiger charge is 2.48. The van der Waals surface area contributed by atoms with Crippen molar-refractivity contribution in [2.24, 2.45) is 11.8 Å². The molecule has 202 valence electrons. The molecule has 0 amide bonds. The first-order valence-corrected chi connectivity index (χ1v) is 13.0. The second-order valence-corrected chi connectivity index (χ2v) is 10.2. The van der Waals surface area contributed by atoms with Gasteiger partial charge in [0.25, 0.3) is 0 Å². The molecule has 0 spiro atoms. The standard InChI is InChI=1S/C26H44O9/c1-16(13-23(30)33-11-9-7-5-4-6-8-10-22(28)29)12-20-25(32)24(31)19(15-34-20)14-21-26(35-21)17(2)18(3)27/h13,17-21,24-27,31-32H,4-12,14-15H2,1-3H3,(H,28,29)/b16-13+/t17-,18-,19+,20+,21+,24-,25+,26-/m1/s1. The Kier molecular flexibility index (Phi) is 12.6. The van der Waals surface area contributed by atoms with E-state index in [0.717, 1.165) is 32.1 Å². The van der Waals surface area contributed by atoms with Gasteiger partial charge in [-0.2, -0.15) is 0 Å². The Morgan fingerprint density at radius 2 is 1.69 bits per heavy atom. The molecule has 0 aromatic carbocycles. The number of rotatable bonds is 16. The summed E-state index contributed by atoms with van der Waals surface area (Å²) >= 11 is 0. The fraction of sp³-hybridized carbons (Fsp3) is 0.846. The van der Waals surface area contributed by atoms with E-state index in [0.29, 0.717) is 38.0 Å². The molecule has 9 nitrogen and oxygen atoms in total. The SMILES string of the molecule is C/C(=C\C(=O)OCCCCCCCCC(=O)O)C[C@@H]1OC[C@H](C[C@@H]2O[C@@H]2[C@H](C)[C@@H](C)O)[C@@H](O)[C@H]1O. The van der Waals surface area contributed by atoms with E-state index in [-0.39, 0.29) is 30.5 Å². The van der Waals surface area contributed by atoms with E-state index in [4.69, 9.17) is 19.3 Å². The number of aliphatic carboxylic acids is 1. The fourth-order valence-electron chi connectivity index (χ4n) is 4.59. The largest absolute Gasteiger partial charge is 0.481 e. The summed E-state index contributed by atoms with van der Waals surface area (Å²) < 4.78 is 16.7. The van der Waals surface area contributed by atoms with Gasteiger partial charge in [0.1, 0.15) is 6.10 Å². The molecular formula is C26H44O9. The molecule has 0 bridgehead atoms. The van der Waals surface area contributed by atoms with Crippen molar-refractivity contribution in [3.05, 3.63) is 11.6 Å². The number of carboxylic acid groups (broad SMARTS) is 1. The van der Waals surface area contributed by atoms with Gasteiger partial charge in [0, 0.05) is 24.3 Å². The molecule has 2 aliphatic rings. The van der Waals surface area contributed by atoms with Gasteiger partial charge in [-0.15, -0.1) is 0 Å². The zero-order valence-electron chi connectivity index (χ0n) is 21.3. The van der Waals surface area contributed by atoms with E-state index < -0.39 is 36.4 Å². The van der Waals surface area contributed by atoms with E-state index in [2.05, 4.69) is 0 Å². The van der Waals surface area contributed by atoms with Crippen LogP contribution in [0.2, 0.25) is 0 Å². The van der Waals surface area contributed by atoms with Gasteiger partial charge >= 0.3 is 11.9 Å². The minimum atomic E-state index is -1.06. The molecule has 0 unspecified atom stereocenters. The van der Waals surface area contributed by atoms with Gasteiger partial charge in [-0.25, -0.2) is 4.79 Å². The highest BCUT2D eigenvalue weighted by atomic mass is 16.6. The lowest BCUT2D eigenvalue weighted by atomic mass is 9.85. The Balaban J connectivity index is 1.62. The molecule has 2 heterocycles. The third-order valence-electron chi connectivity index (χ3n) is 7.09. The molecule has 2 saturated heterocycles. The second-order valence-electron chi connectivity index (χ2n) is 10.2. The molecule has 0 aromatic rings. The summed E-state index contributed by atoms with van der Waals surface area (Å²) in [5.74, 6) is -1.42. The first-order valence-electron chi connectivity index (χ1n) is 13.0. The van der Waals surface area contributed by atoms with E-state index >= 15 is 0 Å². The summed E-state index contributed by atoms with van der Waals surface area (Å²) in [4.78, 5) is 22.5. The van der Waals surface area contributed by atoms with Crippen molar-refractivity contribution < 1.29 is 44.2 Å². The maximum Gasteiger partial charge on any atom is 0.330 e. The normalized spacial score (nSPS) is 30.5.